The van der Waals surface area contributed by atoms with Crippen molar-refractivity contribution in [2.24, 2.45) is 17.3 Å². The number of ketones is 1. The van der Waals surface area contributed by atoms with E-state index in [2.05, 4.69) is 88.7 Å². The second-order valence-electron chi connectivity index (χ2n) is 11.9. The van der Waals surface area contributed by atoms with Crippen LogP contribution in [0.4, 0.5) is 0 Å². The van der Waals surface area contributed by atoms with Gasteiger partial charge >= 0.3 is 0 Å². The lowest BCUT2D eigenvalue weighted by Gasteiger charge is -2.37. The zero-order chi connectivity index (χ0) is 30.6. The zero-order valence-corrected chi connectivity index (χ0v) is 27.8. The molecule has 4 heteroatoms. The molecule has 1 aliphatic rings. The van der Waals surface area contributed by atoms with Gasteiger partial charge in [-0.2, -0.15) is 0 Å². The Hall–Kier alpha value is -1.94. The van der Waals surface area contributed by atoms with Crippen LogP contribution in [0.1, 0.15) is 126 Å². The third-order valence-electron chi connectivity index (χ3n) is 8.63. The van der Waals surface area contributed by atoms with Gasteiger partial charge in [0.2, 0.25) is 5.91 Å². The summed E-state index contributed by atoms with van der Waals surface area (Å²) in [6, 6.07) is 8.43. The van der Waals surface area contributed by atoms with E-state index in [1.807, 2.05) is 48.6 Å². The van der Waals surface area contributed by atoms with E-state index in [0.29, 0.717) is 18.9 Å². The maximum Gasteiger partial charge on any atom is 0.226 e. The van der Waals surface area contributed by atoms with Crippen molar-refractivity contribution in [2.75, 3.05) is 13.6 Å². The van der Waals surface area contributed by atoms with Crippen LogP contribution in [0.15, 0.2) is 36.9 Å². The Labute approximate surface area is 242 Å². The summed E-state index contributed by atoms with van der Waals surface area (Å²) in [7, 11) is 1.81. The van der Waals surface area contributed by atoms with E-state index in [1.54, 1.807) is 0 Å². The molecule has 0 saturated carbocycles. The molecule has 1 N–H and O–H groups in total. The Bertz CT molecular complexity index is 890. The third kappa shape index (κ3) is 9.03. The maximum absolute atomic E-state index is 14.3. The average Bonchev–Trinajstić information content (AvgIpc) is 3.31. The van der Waals surface area contributed by atoms with Gasteiger partial charge in [-0.05, 0) is 62.6 Å². The normalized spacial score (nSPS) is 21.2. The first-order valence-electron chi connectivity index (χ1n) is 15.6. The monoisotopic (exact) mass is 542 g/mol. The zero-order valence-electron chi connectivity index (χ0n) is 27.8. The number of nitrogens with zero attached hydrogens (tertiary/aromatic N) is 1. The number of carbonyl (C=O) groups is 2. The van der Waals surface area contributed by atoms with Gasteiger partial charge in [0.05, 0.1) is 6.04 Å². The second-order valence-corrected chi connectivity index (χ2v) is 11.9. The van der Waals surface area contributed by atoms with Crippen LogP contribution in [-0.2, 0) is 15.0 Å². The molecule has 1 aromatic carbocycles. The molecular weight excluding hydrogens is 480 g/mol. The molecule has 1 fully saturated rings. The van der Waals surface area contributed by atoms with Gasteiger partial charge in [-0.15, -0.1) is 6.58 Å². The number of Topliss-reactive ketones (excluding diaryl/α,β-unsaturated/α-hetero) is 1. The van der Waals surface area contributed by atoms with Gasteiger partial charge in [-0.3, -0.25) is 9.59 Å². The van der Waals surface area contributed by atoms with Gasteiger partial charge in [-0.25, -0.2) is 0 Å². The molecule has 39 heavy (non-hydrogen) atoms. The Morgan fingerprint density at radius 2 is 1.67 bits per heavy atom. The van der Waals surface area contributed by atoms with Crippen LogP contribution in [0.5, 0.6) is 0 Å². The van der Waals surface area contributed by atoms with Crippen LogP contribution in [0, 0.1) is 17.3 Å². The number of likely N-dealkylation sites (tertiary alicyclic amines) is 1. The Morgan fingerprint density at radius 1 is 1.10 bits per heavy atom. The second kappa shape index (κ2) is 17.0. The van der Waals surface area contributed by atoms with Crippen LogP contribution < -0.4 is 5.32 Å². The minimum atomic E-state index is -0.318. The quantitative estimate of drug-likeness (QED) is 0.269. The summed E-state index contributed by atoms with van der Waals surface area (Å²) in [5.41, 5.74) is 2.32. The van der Waals surface area contributed by atoms with E-state index in [4.69, 9.17) is 0 Å². The number of rotatable bonds is 12. The number of nitrogens with one attached hydrogen (secondary N) is 1. The molecule has 1 saturated heterocycles. The molecule has 1 amide bonds. The summed E-state index contributed by atoms with van der Waals surface area (Å²) in [5, 5.41) is 3.10. The molecule has 2 rings (SSSR count). The minimum absolute atomic E-state index is 0.0142. The van der Waals surface area contributed by atoms with E-state index < -0.39 is 0 Å². The average molecular weight is 543 g/mol. The molecule has 224 valence electrons. The highest BCUT2D eigenvalue weighted by atomic mass is 16.2. The smallest absolute Gasteiger partial charge is 0.226 e. The van der Waals surface area contributed by atoms with Crippen molar-refractivity contribution in [1.29, 1.82) is 0 Å². The van der Waals surface area contributed by atoms with Crippen molar-refractivity contribution in [3.63, 3.8) is 0 Å². The van der Waals surface area contributed by atoms with E-state index in [9.17, 15) is 9.59 Å². The summed E-state index contributed by atoms with van der Waals surface area (Å²) < 4.78 is 0. The van der Waals surface area contributed by atoms with Gasteiger partial charge in [0, 0.05) is 29.8 Å². The van der Waals surface area contributed by atoms with E-state index in [0.717, 1.165) is 19.3 Å². The molecule has 1 heterocycles. The highest BCUT2D eigenvalue weighted by Gasteiger charge is 2.48. The molecule has 5 atom stereocenters. The molecular formula is C35H62N2O2. The van der Waals surface area contributed by atoms with Gasteiger partial charge in [0.15, 0.2) is 5.78 Å². The highest BCUT2D eigenvalue weighted by Crippen LogP contribution is 2.44. The summed E-state index contributed by atoms with van der Waals surface area (Å²) in [6.45, 7) is 30.0. The number of amides is 1. The molecule has 1 aliphatic heterocycles. The molecule has 1 aromatic rings. The number of hydrogen-bond donors (Lipinski definition) is 1. The SMILES string of the molecule is C=CC1(c2ccccc2C(C)C)CC(C)N(C(=O)C(CC(C)(C)CC)C(CC)C(=O)C(C)NC)C1.CC.CC. The van der Waals surface area contributed by atoms with Gasteiger partial charge in [-0.1, -0.05) is 106 Å². The predicted octanol–water partition coefficient (Wildman–Crippen LogP) is 8.55. The molecule has 0 aromatic heterocycles. The van der Waals surface area contributed by atoms with Crippen molar-refractivity contribution in [1.82, 2.24) is 10.2 Å². The largest absolute Gasteiger partial charge is 0.338 e. The fourth-order valence-corrected chi connectivity index (χ4v) is 5.87. The van der Waals surface area contributed by atoms with Crippen molar-refractivity contribution < 1.29 is 9.59 Å². The van der Waals surface area contributed by atoms with E-state index in [-0.39, 0.29) is 46.4 Å². The first-order chi connectivity index (χ1) is 18.4. The summed E-state index contributed by atoms with van der Waals surface area (Å²) in [6.07, 6.45) is 5.28. The van der Waals surface area contributed by atoms with Crippen LogP contribution in [0.2, 0.25) is 0 Å². The Kier molecular flexibility index (Phi) is 16.2. The highest BCUT2D eigenvalue weighted by molar-refractivity contribution is 5.92. The number of benzene rings is 1. The van der Waals surface area contributed by atoms with E-state index >= 15 is 0 Å². The van der Waals surface area contributed by atoms with Gasteiger partial charge in [0.1, 0.15) is 0 Å². The molecule has 0 bridgehead atoms. The lowest BCUT2D eigenvalue weighted by atomic mass is 9.72. The molecule has 0 radical (unpaired) electrons. The summed E-state index contributed by atoms with van der Waals surface area (Å²) in [5.74, 6) is 0.0677. The number of likely N-dealkylation sites (N-methyl/N-ethyl adjacent to an activating group) is 1. The Balaban J connectivity index is 0.00000344. The summed E-state index contributed by atoms with van der Waals surface area (Å²) >= 11 is 0. The fraction of sp³-hybridized carbons (Fsp3) is 0.714. The fourth-order valence-electron chi connectivity index (χ4n) is 5.87. The lowest BCUT2D eigenvalue weighted by Crippen LogP contribution is -2.47. The molecule has 0 spiro atoms. The van der Waals surface area contributed by atoms with Crippen LogP contribution in [-0.4, -0.2) is 42.3 Å². The minimum Gasteiger partial charge on any atom is -0.338 e. The topological polar surface area (TPSA) is 49.4 Å². The first kappa shape index (κ1) is 37.1. The Morgan fingerprint density at radius 3 is 2.13 bits per heavy atom. The van der Waals surface area contributed by atoms with Crippen molar-refractivity contribution in [2.45, 2.75) is 132 Å². The first-order valence-corrected chi connectivity index (χ1v) is 15.6. The number of hydrogen-bond acceptors (Lipinski definition) is 3. The maximum atomic E-state index is 14.3. The summed E-state index contributed by atoms with van der Waals surface area (Å²) in [4.78, 5) is 29.8. The van der Waals surface area contributed by atoms with Gasteiger partial charge in [0.25, 0.3) is 0 Å². The third-order valence-corrected chi connectivity index (χ3v) is 8.63. The predicted molar refractivity (Wildman–Crippen MR) is 170 cm³/mol. The standard InChI is InChI=1S/C31H50N2O2.2C2H6/c1-11-24(28(34)23(7)32-10)26(19-30(8,9)12-2)29(35)33-20-31(13-3,18-22(33)6)27-17-15-14-16-25(27)21(4)5;2*1-2/h13-17,21-24,26,32H,3,11-12,18-20H2,1-2,4-10H3;2*1-2H3. The van der Waals surface area contributed by atoms with Crippen LogP contribution >= 0.6 is 0 Å². The van der Waals surface area contributed by atoms with Gasteiger partial charge < -0.3 is 10.2 Å². The van der Waals surface area contributed by atoms with Crippen LogP contribution in [0.25, 0.3) is 0 Å². The van der Waals surface area contributed by atoms with E-state index in [1.165, 1.54) is 11.1 Å². The van der Waals surface area contributed by atoms with Crippen molar-refractivity contribution >= 4 is 11.7 Å². The molecule has 5 unspecified atom stereocenters. The van der Waals surface area contributed by atoms with Crippen molar-refractivity contribution in [3.05, 3.63) is 48.0 Å². The van der Waals surface area contributed by atoms with Crippen molar-refractivity contribution in [3.8, 4) is 0 Å². The van der Waals surface area contributed by atoms with Crippen LogP contribution in [0.3, 0.4) is 0 Å². The molecule has 4 nitrogen and oxygen atoms in total. The number of carbonyl (C=O) groups excluding carboxylic acids is 2. The molecule has 0 aliphatic carbocycles. The lowest BCUT2D eigenvalue weighted by molar-refractivity contribution is -0.144.